The average Bonchev–Trinajstić information content (AvgIpc) is 3.56. The molecule has 15 nitrogen and oxygen atoms in total. The first-order valence-corrected chi connectivity index (χ1v) is 11.2. The second-order valence-electron chi connectivity index (χ2n) is 9.29. The van der Waals surface area contributed by atoms with Crippen molar-refractivity contribution in [2.45, 2.75) is 52.7 Å². The van der Waals surface area contributed by atoms with Gasteiger partial charge in [-0.2, -0.15) is 15.3 Å². The summed E-state index contributed by atoms with van der Waals surface area (Å²) in [6.07, 6.45) is 8.34. The van der Waals surface area contributed by atoms with Crippen molar-refractivity contribution in [2.24, 2.45) is 5.73 Å². The smallest absolute Gasteiger partial charge is 0.414 e. The number of rotatable bonds is 2. The van der Waals surface area contributed by atoms with Crippen LogP contribution in [0.4, 0.5) is 9.59 Å². The first kappa shape index (κ1) is 34.3. The molecule has 0 fully saturated rings. The molecule has 39 heavy (non-hydrogen) atoms. The van der Waals surface area contributed by atoms with E-state index in [9.17, 15) is 9.59 Å². The van der Waals surface area contributed by atoms with Gasteiger partial charge in [0, 0.05) is 37.2 Å². The Hall–Kier alpha value is -4.66. The number of hydrogen-bond donors (Lipinski definition) is 5. The zero-order chi connectivity index (χ0) is 28.9. The van der Waals surface area contributed by atoms with Gasteiger partial charge in [-0.1, -0.05) is 6.58 Å². The maximum Gasteiger partial charge on any atom is 0.414 e. The maximum absolute atomic E-state index is 11.3. The number of carbonyl (C=O) groups is 2. The fraction of sp³-hybridized carbons (Fsp3) is 0.348. The minimum Gasteiger partial charge on any atom is -0.444 e. The minimum absolute atomic E-state index is 0. The molecule has 2 amide bonds. The number of nitrogens with two attached hydrogens (primary N) is 1. The maximum atomic E-state index is 11.3. The number of aromatic nitrogens is 6. The van der Waals surface area contributed by atoms with E-state index < -0.39 is 23.4 Å². The predicted octanol–water partition coefficient (Wildman–Crippen LogP) is 3.07. The fourth-order valence-electron chi connectivity index (χ4n) is 2.18. The van der Waals surface area contributed by atoms with Crippen LogP contribution < -0.4 is 16.4 Å². The van der Waals surface area contributed by atoms with E-state index in [-0.39, 0.29) is 24.3 Å². The average molecular weight is 566 g/mol. The van der Waals surface area contributed by atoms with Crippen LogP contribution in [-0.4, -0.2) is 64.6 Å². The van der Waals surface area contributed by atoms with Gasteiger partial charge in [-0.05, 0) is 59.7 Å². The summed E-state index contributed by atoms with van der Waals surface area (Å²) < 4.78 is 14.0. The molecule has 3 heterocycles. The highest BCUT2D eigenvalue weighted by molar-refractivity contribution is 5.92. The lowest BCUT2D eigenvalue weighted by atomic mass is 10.2. The molecule has 0 saturated carbocycles. The number of ether oxygens (including phenoxy) is 2. The summed E-state index contributed by atoms with van der Waals surface area (Å²) in [6, 6.07) is 5.11. The summed E-state index contributed by atoms with van der Waals surface area (Å²) in [5, 5.41) is 30.4. The second-order valence-corrected chi connectivity index (χ2v) is 9.29. The van der Waals surface area contributed by atoms with Gasteiger partial charge >= 0.3 is 12.2 Å². The van der Waals surface area contributed by atoms with E-state index in [1.54, 1.807) is 90.7 Å². The van der Waals surface area contributed by atoms with E-state index in [2.05, 4.69) is 32.5 Å². The van der Waals surface area contributed by atoms with E-state index in [4.69, 9.17) is 26.0 Å². The summed E-state index contributed by atoms with van der Waals surface area (Å²) in [5.41, 5.74) is 3.95. The predicted molar refractivity (Wildman–Crippen MR) is 148 cm³/mol. The second kappa shape index (κ2) is 15.6. The normalized spacial score (nSPS) is 10.2. The van der Waals surface area contributed by atoms with Gasteiger partial charge in [-0.25, -0.2) is 23.6 Å². The van der Waals surface area contributed by atoms with Crippen molar-refractivity contribution >= 4 is 42.3 Å². The summed E-state index contributed by atoms with van der Waals surface area (Å²) in [4.78, 5) is 22.6. The van der Waals surface area contributed by atoms with Gasteiger partial charge in [0.2, 0.25) is 11.9 Å². The number of nitrogens with zero attached hydrogens (tertiary/aromatic N) is 6. The molecule has 16 heteroatoms. The molecule has 0 spiro atoms. The monoisotopic (exact) mass is 565 g/mol. The first-order chi connectivity index (χ1) is 17.6. The summed E-state index contributed by atoms with van der Waals surface area (Å²) in [6.45, 7) is 14.3. The molecular weight excluding hydrogens is 530 g/mol. The number of hydrogen-bond acceptors (Lipinski definition) is 9. The van der Waals surface area contributed by atoms with Crippen LogP contribution in [0.15, 0.2) is 62.0 Å². The van der Waals surface area contributed by atoms with Crippen LogP contribution in [0.1, 0.15) is 41.5 Å². The molecule has 6 N–H and O–H groups in total. The van der Waals surface area contributed by atoms with Crippen LogP contribution in [0.5, 0.6) is 0 Å². The lowest BCUT2D eigenvalue weighted by molar-refractivity contribution is 0.0545. The standard InChI is InChI=1S/C10H15N3O2.C9H14N4O2.C4H6N4.ClH/c1-8(13-7-5-6-11-13)12-9(14)15-10(2,3)4;1-9(2,3)15-8(14)12-7(10)13-6-4-5-11-13;5-4(6)8-3-1-2-7-8;/h5-7H,1H2,2-4H3,(H,12,14);4-6H,1-3H3,(H2,10,12,14);1-3H,(H3,5,6);1H. The topological polar surface area (TPSA) is 204 Å². The van der Waals surface area contributed by atoms with Crippen molar-refractivity contribution in [3.63, 3.8) is 0 Å². The highest BCUT2D eigenvalue weighted by Crippen LogP contribution is 2.08. The Morgan fingerprint density at radius 3 is 1.49 bits per heavy atom. The van der Waals surface area contributed by atoms with E-state index in [1.165, 1.54) is 20.2 Å². The van der Waals surface area contributed by atoms with Crippen LogP contribution in [-0.2, 0) is 9.47 Å². The molecule has 3 aromatic heterocycles. The number of nitrogen functional groups attached to an aromatic ring is 1. The van der Waals surface area contributed by atoms with Crippen LogP contribution in [0.3, 0.4) is 0 Å². The van der Waals surface area contributed by atoms with Gasteiger partial charge in [0.15, 0.2) is 0 Å². The van der Waals surface area contributed by atoms with Crippen LogP contribution in [0.2, 0.25) is 0 Å². The van der Waals surface area contributed by atoms with Crippen molar-refractivity contribution in [3.8, 4) is 0 Å². The molecule has 0 aromatic carbocycles. The number of amides is 2. The van der Waals surface area contributed by atoms with Gasteiger partial charge < -0.3 is 15.2 Å². The number of halogens is 1. The fourth-order valence-corrected chi connectivity index (χ4v) is 2.18. The molecule has 0 aliphatic carbocycles. The number of nitrogens with one attached hydrogen (secondary N) is 4. The van der Waals surface area contributed by atoms with Crippen molar-refractivity contribution in [3.05, 3.63) is 62.0 Å². The SMILES string of the molecule is C=C(NC(=O)OC(C)(C)C)n1cccn1.CC(C)(C)OC(=O)NC(=N)n1cccn1.Cl.N=C(N)n1cccn1. The molecule has 0 bridgehead atoms. The van der Waals surface area contributed by atoms with Crippen molar-refractivity contribution in [1.82, 2.24) is 40.0 Å². The first-order valence-electron chi connectivity index (χ1n) is 11.2. The molecular formula is C23H36ClN11O4. The van der Waals surface area contributed by atoms with Gasteiger partial charge in [0.1, 0.15) is 17.0 Å². The molecule has 0 radical (unpaired) electrons. The molecule has 0 aliphatic rings. The third-order valence-electron chi connectivity index (χ3n) is 3.53. The molecule has 0 aliphatic heterocycles. The summed E-state index contributed by atoms with van der Waals surface area (Å²) in [7, 11) is 0. The summed E-state index contributed by atoms with van der Waals surface area (Å²) >= 11 is 0. The van der Waals surface area contributed by atoms with Gasteiger partial charge in [-0.15, -0.1) is 12.4 Å². The third kappa shape index (κ3) is 15.2. The third-order valence-corrected chi connectivity index (χ3v) is 3.53. The molecule has 0 atom stereocenters. The number of alkyl carbamates (subject to hydrolysis) is 2. The van der Waals surface area contributed by atoms with Gasteiger partial charge in [0.05, 0.1) is 0 Å². The van der Waals surface area contributed by atoms with Gasteiger partial charge in [-0.3, -0.25) is 21.5 Å². The van der Waals surface area contributed by atoms with E-state index in [0.29, 0.717) is 5.82 Å². The van der Waals surface area contributed by atoms with Crippen LogP contribution in [0.25, 0.3) is 5.82 Å². The minimum atomic E-state index is -0.664. The van der Waals surface area contributed by atoms with Crippen LogP contribution >= 0.6 is 12.4 Å². The van der Waals surface area contributed by atoms with Gasteiger partial charge in [0.25, 0.3) is 0 Å². The quantitative estimate of drug-likeness (QED) is 0.230. The zero-order valence-corrected chi connectivity index (χ0v) is 23.5. The van der Waals surface area contributed by atoms with Crippen molar-refractivity contribution < 1.29 is 19.1 Å². The number of carbonyl (C=O) groups excluding carboxylic acids is 2. The van der Waals surface area contributed by atoms with Crippen molar-refractivity contribution in [2.75, 3.05) is 0 Å². The Bertz CT molecular complexity index is 1110. The Morgan fingerprint density at radius 2 is 1.15 bits per heavy atom. The largest absolute Gasteiger partial charge is 0.444 e. The molecule has 0 saturated heterocycles. The zero-order valence-electron chi connectivity index (χ0n) is 22.7. The van der Waals surface area contributed by atoms with E-state index in [1.807, 2.05) is 0 Å². The molecule has 3 rings (SSSR count). The molecule has 0 unspecified atom stereocenters. The van der Waals surface area contributed by atoms with Crippen LogP contribution in [0, 0.1) is 10.8 Å². The molecule has 3 aromatic rings. The van der Waals surface area contributed by atoms with E-state index >= 15 is 0 Å². The summed E-state index contributed by atoms with van der Waals surface area (Å²) in [5.74, 6) is 0.151. The molecule has 214 valence electrons. The Kier molecular flexibility index (Phi) is 13.7. The lowest BCUT2D eigenvalue weighted by Crippen LogP contribution is -2.39. The Labute approximate surface area is 232 Å². The Morgan fingerprint density at radius 1 is 0.769 bits per heavy atom. The lowest BCUT2D eigenvalue weighted by Gasteiger charge is -2.20. The van der Waals surface area contributed by atoms with E-state index in [0.717, 1.165) is 0 Å². The van der Waals surface area contributed by atoms with Crippen molar-refractivity contribution in [1.29, 1.82) is 10.8 Å². The highest BCUT2D eigenvalue weighted by Gasteiger charge is 2.18. The highest BCUT2D eigenvalue weighted by atomic mass is 35.5. The Balaban J connectivity index is 0.000000573.